The summed E-state index contributed by atoms with van der Waals surface area (Å²) < 4.78 is 0. The highest BCUT2D eigenvalue weighted by Crippen LogP contribution is 2.29. The van der Waals surface area contributed by atoms with E-state index in [1.165, 1.54) is 6.42 Å². The van der Waals surface area contributed by atoms with E-state index in [1.807, 2.05) is 27.0 Å². The van der Waals surface area contributed by atoms with Crippen molar-refractivity contribution in [1.82, 2.24) is 10.3 Å². The molecule has 5 nitrogen and oxygen atoms in total. The SMILES string of the molecule is CNCCC1CCCCN1c1nc(C)cc(C)c1C(N)=O. The number of hydrogen-bond acceptors (Lipinski definition) is 4. The molecule has 0 aromatic carbocycles. The molecule has 3 N–H and O–H groups in total. The van der Waals surface area contributed by atoms with Gasteiger partial charge in [-0.2, -0.15) is 0 Å². The summed E-state index contributed by atoms with van der Waals surface area (Å²) in [5.74, 6) is 0.397. The molecule has 0 aliphatic carbocycles. The van der Waals surface area contributed by atoms with Crippen LogP contribution in [-0.2, 0) is 0 Å². The van der Waals surface area contributed by atoms with Crippen LogP contribution in [0.4, 0.5) is 5.82 Å². The van der Waals surface area contributed by atoms with Crippen molar-refractivity contribution in [2.75, 3.05) is 25.0 Å². The maximum atomic E-state index is 11.9. The summed E-state index contributed by atoms with van der Waals surface area (Å²) in [5.41, 5.74) is 8.04. The van der Waals surface area contributed by atoms with Gasteiger partial charge in [0.25, 0.3) is 5.91 Å². The van der Waals surface area contributed by atoms with Gasteiger partial charge < -0.3 is 16.0 Å². The fourth-order valence-corrected chi connectivity index (χ4v) is 3.22. The number of nitrogens with one attached hydrogen (secondary N) is 1. The Labute approximate surface area is 126 Å². The topological polar surface area (TPSA) is 71.2 Å². The Morgan fingerprint density at radius 2 is 2.24 bits per heavy atom. The summed E-state index contributed by atoms with van der Waals surface area (Å²) in [6.45, 7) is 5.82. The Morgan fingerprint density at radius 1 is 1.48 bits per heavy atom. The van der Waals surface area contributed by atoms with Crippen LogP contribution in [0.25, 0.3) is 0 Å². The first-order valence-corrected chi connectivity index (χ1v) is 7.74. The Hall–Kier alpha value is -1.62. The van der Waals surface area contributed by atoms with Gasteiger partial charge in [0, 0.05) is 18.3 Å². The Morgan fingerprint density at radius 3 is 2.90 bits per heavy atom. The van der Waals surface area contributed by atoms with Crippen molar-refractivity contribution in [3.8, 4) is 0 Å². The van der Waals surface area contributed by atoms with E-state index in [1.54, 1.807) is 0 Å². The van der Waals surface area contributed by atoms with Gasteiger partial charge >= 0.3 is 0 Å². The number of amides is 1. The Balaban J connectivity index is 2.39. The average Bonchev–Trinajstić information content (AvgIpc) is 2.44. The molecule has 1 aliphatic rings. The van der Waals surface area contributed by atoms with Gasteiger partial charge in [-0.25, -0.2) is 4.98 Å². The molecule has 116 valence electrons. The zero-order valence-electron chi connectivity index (χ0n) is 13.3. The largest absolute Gasteiger partial charge is 0.365 e. The number of carbonyl (C=O) groups excluding carboxylic acids is 1. The highest BCUT2D eigenvalue weighted by atomic mass is 16.1. The smallest absolute Gasteiger partial charge is 0.252 e. The van der Waals surface area contributed by atoms with E-state index in [0.717, 1.165) is 49.4 Å². The van der Waals surface area contributed by atoms with Gasteiger partial charge in [-0.1, -0.05) is 0 Å². The standard InChI is InChI=1S/C16H26N4O/c1-11-10-12(2)19-16(14(11)15(17)21)20-9-5-4-6-13(20)7-8-18-3/h10,13,18H,4-9H2,1-3H3,(H2,17,21). The maximum absolute atomic E-state index is 11.9. The number of nitrogens with two attached hydrogens (primary N) is 1. The van der Waals surface area contributed by atoms with E-state index in [9.17, 15) is 4.79 Å². The molecule has 1 aliphatic heterocycles. The number of aromatic nitrogens is 1. The van der Waals surface area contributed by atoms with Crippen LogP contribution in [-0.4, -0.2) is 37.1 Å². The number of nitrogens with zero attached hydrogens (tertiary/aromatic N) is 2. The van der Waals surface area contributed by atoms with Crippen LogP contribution >= 0.6 is 0 Å². The fourth-order valence-electron chi connectivity index (χ4n) is 3.22. The Kier molecular flexibility index (Phi) is 5.17. The van der Waals surface area contributed by atoms with Crippen molar-refractivity contribution in [1.29, 1.82) is 0 Å². The lowest BCUT2D eigenvalue weighted by molar-refractivity contribution is 0.0999. The third-order valence-corrected chi connectivity index (χ3v) is 4.20. The van der Waals surface area contributed by atoms with Gasteiger partial charge in [-0.3, -0.25) is 4.79 Å². The minimum atomic E-state index is -0.382. The summed E-state index contributed by atoms with van der Waals surface area (Å²) in [6.07, 6.45) is 4.59. The molecule has 1 aromatic rings. The van der Waals surface area contributed by atoms with Crippen molar-refractivity contribution >= 4 is 11.7 Å². The van der Waals surface area contributed by atoms with Crippen LogP contribution in [0.5, 0.6) is 0 Å². The lowest BCUT2D eigenvalue weighted by Crippen LogP contribution is -2.42. The highest BCUT2D eigenvalue weighted by molar-refractivity contribution is 5.99. The molecule has 1 saturated heterocycles. The van der Waals surface area contributed by atoms with E-state index < -0.39 is 0 Å². The van der Waals surface area contributed by atoms with Gasteiger partial charge in [0.1, 0.15) is 5.82 Å². The number of piperidine rings is 1. The summed E-state index contributed by atoms with van der Waals surface area (Å²) >= 11 is 0. The van der Waals surface area contributed by atoms with Crippen molar-refractivity contribution in [3.63, 3.8) is 0 Å². The van der Waals surface area contributed by atoms with Crippen LogP contribution in [0.3, 0.4) is 0 Å². The van der Waals surface area contributed by atoms with E-state index in [0.29, 0.717) is 11.6 Å². The van der Waals surface area contributed by atoms with Crippen LogP contribution in [0.2, 0.25) is 0 Å². The van der Waals surface area contributed by atoms with Gasteiger partial charge in [0.2, 0.25) is 0 Å². The van der Waals surface area contributed by atoms with E-state index in [2.05, 4.69) is 15.2 Å². The molecule has 0 saturated carbocycles. The van der Waals surface area contributed by atoms with Crippen LogP contribution in [0.1, 0.15) is 47.3 Å². The van der Waals surface area contributed by atoms with E-state index in [-0.39, 0.29) is 5.91 Å². The third kappa shape index (κ3) is 3.53. The Bertz CT molecular complexity index is 515. The van der Waals surface area contributed by atoms with Crippen LogP contribution in [0, 0.1) is 13.8 Å². The lowest BCUT2D eigenvalue weighted by Gasteiger charge is -2.38. The molecule has 1 aromatic heterocycles. The first-order valence-electron chi connectivity index (χ1n) is 7.74. The zero-order valence-corrected chi connectivity index (χ0v) is 13.3. The third-order valence-electron chi connectivity index (χ3n) is 4.20. The van der Waals surface area contributed by atoms with Crippen molar-refractivity contribution in [2.24, 2.45) is 5.73 Å². The minimum Gasteiger partial charge on any atom is -0.365 e. The predicted octanol–water partition coefficient (Wildman–Crippen LogP) is 1.77. The second kappa shape index (κ2) is 6.89. The molecular formula is C16H26N4O. The zero-order chi connectivity index (χ0) is 15.4. The van der Waals surface area contributed by atoms with Gasteiger partial charge in [0.05, 0.1) is 5.56 Å². The van der Waals surface area contributed by atoms with Gasteiger partial charge in [-0.05, 0) is 64.8 Å². The quantitative estimate of drug-likeness (QED) is 0.867. The maximum Gasteiger partial charge on any atom is 0.252 e. The summed E-state index contributed by atoms with van der Waals surface area (Å²) in [7, 11) is 1.97. The molecular weight excluding hydrogens is 264 g/mol. The van der Waals surface area contributed by atoms with Gasteiger partial charge in [-0.15, -0.1) is 0 Å². The number of primary amides is 1. The molecule has 5 heteroatoms. The van der Waals surface area contributed by atoms with Crippen molar-refractivity contribution in [3.05, 3.63) is 22.9 Å². The molecule has 1 fully saturated rings. The average molecular weight is 290 g/mol. The van der Waals surface area contributed by atoms with Crippen molar-refractivity contribution < 1.29 is 4.79 Å². The fraction of sp³-hybridized carbons (Fsp3) is 0.625. The number of rotatable bonds is 5. The molecule has 0 spiro atoms. The number of pyridine rings is 1. The second-order valence-electron chi connectivity index (χ2n) is 5.88. The predicted molar refractivity (Wildman–Crippen MR) is 85.8 cm³/mol. The summed E-state index contributed by atoms with van der Waals surface area (Å²) in [6, 6.07) is 2.36. The van der Waals surface area contributed by atoms with Crippen molar-refractivity contribution in [2.45, 2.75) is 45.6 Å². The van der Waals surface area contributed by atoms with Gasteiger partial charge in [0.15, 0.2) is 0 Å². The van der Waals surface area contributed by atoms with Crippen LogP contribution in [0.15, 0.2) is 6.07 Å². The minimum absolute atomic E-state index is 0.382. The number of aryl methyl sites for hydroxylation is 2. The molecule has 1 unspecified atom stereocenters. The molecule has 0 radical (unpaired) electrons. The van der Waals surface area contributed by atoms with E-state index >= 15 is 0 Å². The summed E-state index contributed by atoms with van der Waals surface area (Å²) in [5, 5.41) is 3.21. The molecule has 2 rings (SSSR count). The number of anilines is 1. The number of hydrogen-bond donors (Lipinski definition) is 2. The number of carbonyl (C=O) groups is 1. The summed E-state index contributed by atoms with van der Waals surface area (Å²) in [4.78, 5) is 18.8. The molecule has 0 bridgehead atoms. The molecule has 1 atom stereocenters. The first kappa shape index (κ1) is 15.8. The normalized spacial score (nSPS) is 18.8. The molecule has 21 heavy (non-hydrogen) atoms. The van der Waals surface area contributed by atoms with Crippen LogP contribution < -0.4 is 16.0 Å². The lowest BCUT2D eigenvalue weighted by atomic mass is 9.97. The molecule has 2 heterocycles. The monoisotopic (exact) mass is 290 g/mol. The molecule has 1 amide bonds. The second-order valence-corrected chi connectivity index (χ2v) is 5.88. The van der Waals surface area contributed by atoms with E-state index in [4.69, 9.17) is 5.73 Å². The highest BCUT2D eigenvalue weighted by Gasteiger charge is 2.27. The first-order chi connectivity index (χ1) is 10.0.